The summed E-state index contributed by atoms with van der Waals surface area (Å²) in [4.78, 5) is 21.8. The molecule has 1 atom stereocenters. The van der Waals surface area contributed by atoms with E-state index in [1.165, 1.54) is 0 Å². The van der Waals surface area contributed by atoms with E-state index >= 15 is 0 Å². The second-order valence-electron chi connectivity index (χ2n) is 2.77. The zero-order chi connectivity index (χ0) is 11.0. The fourth-order valence-corrected chi connectivity index (χ4v) is 0.780. The van der Waals surface area contributed by atoms with Gasteiger partial charge >= 0.3 is 11.9 Å². The van der Waals surface area contributed by atoms with Crippen LogP contribution in [0.15, 0.2) is 0 Å². The van der Waals surface area contributed by atoms with Gasteiger partial charge in [-0.25, -0.2) is 0 Å². The van der Waals surface area contributed by atoms with E-state index in [0.29, 0.717) is 6.61 Å². The Kier molecular flexibility index (Phi) is 7.20. The SMILES string of the molecule is CCOC(=O)CCC(=O)OCC(C)Cl. The molecule has 0 saturated heterocycles. The smallest absolute Gasteiger partial charge is 0.306 e. The van der Waals surface area contributed by atoms with Gasteiger partial charge in [0.1, 0.15) is 6.61 Å². The van der Waals surface area contributed by atoms with E-state index in [1.54, 1.807) is 13.8 Å². The highest BCUT2D eigenvalue weighted by Crippen LogP contribution is 1.99. The van der Waals surface area contributed by atoms with Crippen LogP contribution in [0.25, 0.3) is 0 Å². The van der Waals surface area contributed by atoms with E-state index in [0.717, 1.165) is 0 Å². The maximum absolute atomic E-state index is 11.0. The van der Waals surface area contributed by atoms with Crippen LogP contribution in [-0.2, 0) is 19.1 Å². The van der Waals surface area contributed by atoms with Gasteiger partial charge in [0, 0.05) is 0 Å². The molecule has 0 amide bonds. The fraction of sp³-hybridized carbons (Fsp3) is 0.778. The lowest BCUT2D eigenvalue weighted by molar-refractivity contribution is -0.150. The maximum Gasteiger partial charge on any atom is 0.306 e. The molecule has 0 heterocycles. The Morgan fingerprint density at radius 3 is 2.14 bits per heavy atom. The highest BCUT2D eigenvalue weighted by Gasteiger charge is 2.09. The first-order chi connectivity index (χ1) is 6.56. The highest BCUT2D eigenvalue weighted by molar-refractivity contribution is 6.20. The van der Waals surface area contributed by atoms with E-state index < -0.39 is 5.97 Å². The molecule has 0 aliphatic heterocycles. The van der Waals surface area contributed by atoms with Crippen LogP contribution in [0, 0.1) is 0 Å². The normalized spacial score (nSPS) is 11.9. The van der Waals surface area contributed by atoms with Crippen molar-refractivity contribution in [3.05, 3.63) is 0 Å². The summed E-state index contributed by atoms with van der Waals surface area (Å²) in [5.41, 5.74) is 0. The fourth-order valence-electron chi connectivity index (χ4n) is 0.717. The number of carbonyl (C=O) groups excluding carboxylic acids is 2. The molecule has 0 aliphatic carbocycles. The first kappa shape index (κ1) is 13.2. The lowest BCUT2D eigenvalue weighted by Crippen LogP contribution is -2.13. The van der Waals surface area contributed by atoms with Crippen LogP contribution in [0.5, 0.6) is 0 Å². The summed E-state index contributed by atoms with van der Waals surface area (Å²) < 4.78 is 9.40. The minimum Gasteiger partial charge on any atom is -0.466 e. The van der Waals surface area contributed by atoms with Crippen LogP contribution in [-0.4, -0.2) is 30.5 Å². The predicted octanol–water partition coefficient (Wildman–Crippen LogP) is 1.50. The molecule has 82 valence electrons. The molecule has 0 rings (SSSR count). The molecule has 4 nitrogen and oxygen atoms in total. The van der Waals surface area contributed by atoms with Gasteiger partial charge in [-0.2, -0.15) is 0 Å². The number of hydrogen-bond donors (Lipinski definition) is 0. The number of ether oxygens (including phenoxy) is 2. The molecule has 0 aromatic rings. The highest BCUT2D eigenvalue weighted by atomic mass is 35.5. The molecule has 0 aliphatic rings. The molecule has 0 fully saturated rings. The van der Waals surface area contributed by atoms with Gasteiger partial charge in [-0.3, -0.25) is 9.59 Å². The van der Waals surface area contributed by atoms with Gasteiger partial charge in [0.15, 0.2) is 0 Å². The van der Waals surface area contributed by atoms with Gasteiger partial charge in [0.25, 0.3) is 0 Å². The van der Waals surface area contributed by atoms with Gasteiger partial charge in [-0.1, -0.05) is 0 Å². The average Bonchev–Trinajstić information content (AvgIpc) is 2.12. The first-order valence-electron chi connectivity index (χ1n) is 4.51. The third kappa shape index (κ3) is 7.86. The molecule has 0 bridgehead atoms. The molecule has 0 spiro atoms. The van der Waals surface area contributed by atoms with Crippen molar-refractivity contribution in [2.24, 2.45) is 0 Å². The monoisotopic (exact) mass is 222 g/mol. The van der Waals surface area contributed by atoms with Gasteiger partial charge in [0.2, 0.25) is 0 Å². The van der Waals surface area contributed by atoms with E-state index in [4.69, 9.17) is 16.3 Å². The number of carbonyl (C=O) groups is 2. The number of halogens is 1. The third-order valence-electron chi connectivity index (χ3n) is 1.31. The molecule has 14 heavy (non-hydrogen) atoms. The maximum atomic E-state index is 11.0. The predicted molar refractivity (Wildman–Crippen MR) is 52.1 cm³/mol. The van der Waals surface area contributed by atoms with Crippen molar-refractivity contribution >= 4 is 23.5 Å². The Hall–Kier alpha value is -0.770. The van der Waals surface area contributed by atoms with Gasteiger partial charge in [-0.05, 0) is 13.8 Å². The Balaban J connectivity index is 3.48. The topological polar surface area (TPSA) is 52.6 Å². The summed E-state index contributed by atoms with van der Waals surface area (Å²) in [6.45, 7) is 3.93. The molecule has 0 aromatic carbocycles. The number of alkyl halides is 1. The first-order valence-corrected chi connectivity index (χ1v) is 4.95. The van der Waals surface area contributed by atoms with Gasteiger partial charge in [-0.15, -0.1) is 11.6 Å². The largest absolute Gasteiger partial charge is 0.466 e. The molecule has 1 unspecified atom stereocenters. The van der Waals surface area contributed by atoms with Crippen molar-refractivity contribution in [2.75, 3.05) is 13.2 Å². The van der Waals surface area contributed by atoms with E-state index in [2.05, 4.69) is 4.74 Å². The molecule has 0 aromatic heterocycles. The summed E-state index contributed by atoms with van der Waals surface area (Å²) in [6, 6.07) is 0. The summed E-state index contributed by atoms with van der Waals surface area (Å²) in [6.07, 6.45) is 0.103. The lowest BCUT2D eigenvalue weighted by atomic mass is 10.3. The van der Waals surface area contributed by atoms with Crippen molar-refractivity contribution < 1.29 is 19.1 Å². The van der Waals surface area contributed by atoms with Crippen molar-refractivity contribution in [3.8, 4) is 0 Å². The Bertz CT molecular complexity index is 191. The van der Waals surface area contributed by atoms with Crippen molar-refractivity contribution in [3.63, 3.8) is 0 Å². The third-order valence-corrected chi connectivity index (χ3v) is 1.44. The molecular weight excluding hydrogens is 208 g/mol. The number of hydrogen-bond acceptors (Lipinski definition) is 4. The molecule has 0 radical (unpaired) electrons. The minimum absolute atomic E-state index is 0.0441. The average molecular weight is 223 g/mol. The molecule has 0 N–H and O–H groups in total. The Morgan fingerprint density at radius 1 is 1.21 bits per heavy atom. The Morgan fingerprint density at radius 2 is 1.71 bits per heavy atom. The number of rotatable bonds is 6. The van der Waals surface area contributed by atoms with Gasteiger partial charge < -0.3 is 9.47 Å². The van der Waals surface area contributed by atoms with E-state index in [-0.39, 0.29) is 30.8 Å². The van der Waals surface area contributed by atoms with Crippen LogP contribution in [0.2, 0.25) is 0 Å². The summed E-state index contributed by atoms with van der Waals surface area (Å²) >= 11 is 5.57. The van der Waals surface area contributed by atoms with Crippen molar-refractivity contribution in [2.45, 2.75) is 32.1 Å². The lowest BCUT2D eigenvalue weighted by Gasteiger charge is -2.05. The van der Waals surface area contributed by atoms with E-state index in [9.17, 15) is 9.59 Å². The van der Waals surface area contributed by atoms with Crippen molar-refractivity contribution in [1.82, 2.24) is 0 Å². The van der Waals surface area contributed by atoms with Crippen LogP contribution < -0.4 is 0 Å². The van der Waals surface area contributed by atoms with Crippen LogP contribution >= 0.6 is 11.6 Å². The second-order valence-corrected chi connectivity index (χ2v) is 3.51. The summed E-state index contributed by atoms with van der Waals surface area (Å²) in [5.74, 6) is -0.811. The standard InChI is InChI=1S/C9H15ClO4/c1-3-13-8(11)4-5-9(12)14-6-7(2)10/h7H,3-6H2,1-2H3. The zero-order valence-electron chi connectivity index (χ0n) is 8.42. The van der Waals surface area contributed by atoms with Crippen LogP contribution in [0.3, 0.4) is 0 Å². The van der Waals surface area contributed by atoms with Crippen molar-refractivity contribution in [1.29, 1.82) is 0 Å². The molecular formula is C9H15ClO4. The zero-order valence-corrected chi connectivity index (χ0v) is 9.17. The molecule has 5 heteroatoms. The second kappa shape index (κ2) is 7.62. The Labute approximate surface area is 88.5 Å². The van der Waals surface area contributed by atoms with Gasteiger partial charge in [0.05, 0.1) is 24.8 Å². The van der Waals surface area contributed by atoms with Crippen LogP contribution in [0.4, 0.5) is 0 Å². The number of esters is 2. The summed E-state index contributed by atoms with van der Waals surface area (Å²) in [7, 11) is 0. The van der Waals surface area contributed by atoms with E-state index in [1.807, 2.05) is 0 Å². The molecule has 0 saturated carbocycles. The quantitative estimate of drug-likeness (QED) is 0.505. The van der Waals surface area contributed by atoms with Crippen LogP contribution in [0.1, 0.15) is 26.7 Å². The summed E-state index contributed by atoms with van der Waals surface area (Å²) in [5, 5.41) is -0.207. The minimum atomic E-state index is -0.425.